The lowest BCUT2D eigenvalue weighted by Crippen LogP contribution is -2.53. The van der Waals surface area contributed by atoms with Crippen LogP contribution in [0.5, 0.6) is 0 Å². The Kier molecular flexibility index (Phi) is 8.18. The maximum absolute atomic E-state index is 13.4. The Hall–Kier alpha value is -3.19. The molecule has 2 aromatic rings. The van der Waals surface area contributed by atoms with Crippen LogP contribution in [0.15, 0.2) is 48.5 Å². The fourth-order valence-electron chi connectivity index (χ4n) is 5.25. The molecule has 2 aliphatic rings. The molecule has 0 aromatic heterocycles. The number of hydrogen-bond donors (Lipinski definition) is 2. The maximum atomic E-state index is 13.4. The second-order valence-corrected chi connectivity index (χ2v) is 9.76. The van der Waals surface area contributed by atoms with E-state index in [-0.39, 0.29) is 17.7 Å². The number of rotatable bonds is 8. The molecule has 1 aliphatic carbocycles. The van der Waals surface area contributed by atoms with Gasteiger partial charge in [-0.1, -0.05) is 67.6 Å². The van der Waals surface area contributed by atoms with Crippen molar-refractivity contribution >= 4 is 17.7 Å². The van der Waals surface area contributed by atoms with Gasteiger partial charge in [-0.2, -0.15) is 0 Å². The molecular formula is C28H36N4O3. The molecule has 1 heterocycles. The monoisotopic (exact) mass is 476 g/mol. The summed E-state index contributed by atoms with van der Waals surface area (Å²) in [6.07, 6.45) is 5.14. The molecule has 4 rings (SSSR count). The standard InChI is InChI=1S/C28H36N4O3/c1-20-6-4-11-24(16-20)28(35)32-15-14-31(25(33)13-12-21-7-2-3-8-21)27(32)26(34)30-19-23-10-5-9-22(17-23)18-29/h4-6,9-11,16-17,21,27H,2-3,7-8,12-15,18-19,29H2,1H3,(H,30,34). The molecular weight excluding hydrogens is 440 g/mol. The first-order valence-corrected chi connectivity index (χ1v) is 12.7. The van der Waals surface area contributed by atoms with Crippen LogP contribution in [-0.4, -0.2) is 46.8 Å². The van der Waals surface area contributed by atoms with E-state index in [0.29, 0.717) is 44.1 Å². The van der Waals surface area contributed by atoms with E-state index in [9.17, 15) is 14.4 Å². The second kappa shape index (κ2) is 11.5. The largest absolute Gasteiger partial charge is 0.349 e. The summed E-state index contributed by atoms with van der Waals surface area (Å²) in [5, 5.41) is 2.95. The summed E-state index contributed by atoms with van der Waals surface area (Å²) in [6, 6.07) is 15.1. The number of carbonyl (C=O) groups excluding carboxylic acids is 3. The van der Waals surface area contributed by atoms with Gasteiger partial charge in [-0.25, -0.2) is 0 Å². The van der Waals surface area contributed by atoms with Crippen LogP contribution in [0, 0.1) is 12.8 Å². The molecule has 7 heteroatoms. The highest BCUT2D eigenvalue weighted by Gasteiger charge is 2.42. The van der Waals surface area contributed by atoms with Crippen LogP contribution in [0.2, 0.25) is 0 Å². The predicted molar refractivity (Wildman–Crippen MR) is 135 cm³/mol. The Morgan fingerprint density at radius 3 is 2.43 bits per heavy atom. The highest BCUT2D eigenvalue weighted by molar-refractivity contribution is 5.99. The summed E-state index contributed by atoms with van der Waals surface area (Å²) in [4.78, 5) is 43.2. The summed E-state index contributed by atoms with van der Waals surface area (Å²) >= 11 is 0. The predicted octanol–water partition coefficient (Wildman–Crippen LogP) is 3.35. The number of carbonyl (C=O) groups is 3. The smallest absolute Gasteiger partial charge is 0.264 e. The van der Waals surface area contributed by atoms with Gasteiger partial charge >= 0.3 is 0 Å². The minimum Gasteiger partial charge on any atom is -0.349 e. The summed E-state index contributed by atoms with van der Waals surface area (Å²) in [7, 11) is 0. The zero-order chi connectivity index (χ0) is 24.8. The van der Waals surface area contributed by atoms with Crippen LogP contribution in [0.3, 0.4) is 0 Å². The van der Waals surface area contributed by atoms with Gasteiger partial charge in [0.2, 0.25) is 5.91 Å². The van der Waals surface area contributed by atoms with E-state index in [4.69, 9.17) is 5.73 Å². The number of amides is 3. The van der Waals surface area contributed by atoms with Gasteiger partial charge in [0.25, 0.3) is 11.8 Å². The lowest BCUT2D eigenvalue weighted by atomic mass is 10.0. The van der Waals surface area contributed by atoms with Gasteiger partial charge < -0.3 is 20.9 Å². The molecule has 0 bridgehead atoms. The van der Waals surface area contributed by atoms with E-state index in [1.807, 2.05) is 49.4 Å². The minimum absolute atomic E-state index is 0.0540. The highest BCUT2D eigenvalue weighted by atomic mass is 16.2. The number of nitrogens with zero attached hydrogens (tertiary/aromatic N) is 2. The van der Waals surface area contributed by atoms with Crippen molar-refractivity contribution in [2.45, 2.75) is 64.7 Å². The summed E-state index contributed by atoms with van der Waals surface area (Å²) in [5.74, 6) is -0.0312. The van der Waals surface area contributed by atoms with Crippen LogP contribution in [0.4, 0.5) is 0 Å². The fraction of sp³-hybridized carbons (Fsp3) is 0.464. The second-order valence-electron chi connectivity index (χ2n) is 9.76. The van der Waals surface area contributed by atoms with Crippen molar-refractivity contribution < 1.29 is 14.4 Å². The van der Waals surface area contributed by atoms with Gasteiger partial charge in [-0.15, -0.1) is 0 Å². The zero-order valence-corrected chi connectivity index (χ0v) is 20.5. The average Bonchev–Trinajstić information content (AvgIpc) is 3.56. The highest BCUT2D eigenvalue weighted by Crippen LogP contribution is 2.29. The summed E-state index contributed by atoms with van der Waals surface area (Å²) < 4.78 is 0. The molecule has 1 saturated heterocycles. The molecule has 2 fully saturated rings. The Balaban J connectivity index is 1.50. The SMILES string of the molecule is Cc1cccc(C(=O)N2CCN(C(=O)CCC3CCCC3)C2C(=O)NCc2cccc(CN)c2)c1. The first kappa shape index (κ1) is 24.9. The van der Waals surface area contributed by atoms with E-state index in [2.05, 4.69) is 5.32 Å². The molecule has 3 amide bonds. The molecule has 35 heavy (non-hydrogen) atoms. The van der Waals surface area contributed by atoms with Gasteiger partial charge in [-0.05, 0) is 42.5 Å². The lowest BCUT2D eigenvalue weighted by molar-refractivity contribution is -0.141. The number of aryl methyl sites for hydroxylation is 1. The van der Waals surface area contributed by atoms with E-state index in [1.54, 1.807) is 11.0 Å². The Bertz CT molecular complexity index is 1060. The van der Waals surface area contributed by atoms with Crippen LogP contribution in [0.1, 0.15) is 65.6 Å². The van der Waals surface area contributed by atoms with Gasteiger partial charge in [0.05, 0.1) is 0 Å². The van der Waals surface area contributed by atoms with Crippen LogP contribution in [-0.2, 0) is 22.7 Å². The summed E-state index contributed by atoms with van der Waals surface area (Å²) in [6.45, 7) is 3.36. The van der Waals surface area contributed by atoms with E-state index >= 15 is 0 Å². The first-order valence-electron chi connectivity index (χ1n) is 12.7. The third-order valence-electron chi connectivity index (χ3n) is 7.19. The van der Waals surface area contributed by atoms with Crippen LogP contribution >= 0.6 is 0 Å². The van der Waals surface area contributed by atoms with Gasteiger partial charge in [0, 0.05) is 38.2 Å². The van der Waals surface area contributed by atoms with Crippen molar-refractivity contribution in [1.29, 1.82) is 0 Å². The Morgan fingerprint density at radius 1 is 0.971 bits per heavy atom. The Morgan fingerprint density at radius 2 is 1.69 bits per heavy atom. The number of nitrogens with one attached hydrogen (secondary N) is 1. The third-order valence-corrected chi connectivity index (χ3v) is 7.19. The van der Waals surface area contributed by atoms with Crippen molar-refractivity contribution in [3.63, 3.8) is 0 Å². The molecule has 186 valence electrons. The molecule has 1 atom stereocenters. The fourth-order valence-corrected chi connectivity index (χ4v) is 5.25. The third kappa shape index (κ3) is 6.09. The normalized spacial score (nSPS) is 18.2. The lowest BCUT2D eigenvalue weighted by Gasteiger charge is -2.29. The van der Waals surface area contributed by atoms with Gasteiger partial charge in [0.1, 0.15) is 0 Å². The van der Waals surface area contributed by atoms with Crippen molar-refractivity contribution in [2.75, 3.05) is 13.1 Å². The van der Waals surface area contributed by atoms with Crippen LogP contribution in [0.25, 0.3) is 0 Å². The topological polar surface area (TPSA) is 95.7 Å². The number of nitrogens with two attached hydrogens (primary N) is 1. The van der Waals surface area contributed by atoms with Crippen molar-refractivity contribution in [2.24, 2.45) is 11.7 Å². The molecule has 3 N–H and O–H groups in total. The first-order chi connectivity index (χ1) is 17.0. The quantitative estimate of drug-likeness (QED) is 0.611. The van der Waals surface area contributed by atoms with E-state index in [1.165, 1.54) is 30.6 Å². The summed E-state index contributed by atoms with van der Waals surface area (Å²) in [5.41, 5.74) is 9.15. The maximum Gasteiger partial charge on any atom is 0.264 e. The average molecular weight is 477 g/mol. The van der Waals surface area contributed by atoms with Crippen LogP contribution < -0.4 is 11.1 Å². The number of hydrogen-bond acceptors (Lipinski definition) is 4. The molecule has 2 aromatic carbocycles. The minimum atomic E-state index is -0.947. The zero-order valence-electron chi connectivity index (χ0n) is 20.5. The molecule has 0 spiro atoms. The van der Waals surface area contributed by atoms with Crippen molar-refractivity contribution in [3.05, 3.63) is 70.8 Å². The van der Waals surface area contributed by atoms with E-state index < -0.39 is 6.17 Å². The molecule has 1 saturated carbocycles. The molecule has 0 radical (unpaired) electrons. The van der Waals surface area contributed by atoms with E-state index in [0.717, 1.165) is 23.1 Å². The molecule has 7 nitrogen and oxygen atoms in total. The van der Waals surface area contributed by atoms with Crippen molar-refractivity contribution in [3.8, 4) is 0 Å². The molecule has 1 aliphatic heterocycles. The van der Waals surface area contributed by atoms with Crippen molar-refractivity contribution in [1.82, 2.24) is 15.1 Å². The number of benzene rings is 2. The Labute approximate surface area is 207 Å². The molecule has 1 unspecified atom stereocenters. The van der Waals surface area contributed by atoms with Gasteiger partial charge in [-0.3, -0.25) is 14.4 Å². The van der Waals surface area contributed by atoms with Gasteiger partial charge in [0.15, 0.2) is 6.17 Å².